The summed E-state index contributed by atoms with van der Waals surface area (Å²) in [5.74, 6) is -0.0806. The van der Waals surface area contributed by atoms with Crippen molar-refractivity contribution in [3.05, 3.63) is 99.4 Å². The summed E-state index contributed by atoms with van der Waals surface area (Å²) in [5, 5.41) is 3.79. The minimum absolute atomic E-state index is 0.0635. The van der Waals surface area contributed by atoms with Crippen molar-refractivity contribution < 1.29 is 8.91 Å². The van der Waals surface area contributed by atoms with Crippen LogP contribution in [0.1, 0.15) is 5.89 Å². The van der Waals surface area contributed by atoms with Crippen LogP contribution in [0.5, 0.6) is 0 Å². The molecule has 4 aromatic rings. The molecule has 0 aliphatic carbocycles. The Morgan fingerprint density at radius 2 is 1.78 bits per heavy atom. The third-order valence-corrected chi connectivity index (χ3v) is 3.95. The Hall–Kier alpha value is -3.81. The van der Waals surface area contributed by atoms with Gasteiger partial charge in [-0.3, -0.25) is 18.7 Å². The van der Waals surface area contributed by atoms with Crippen LogP contribution in [0.25, 0.3) is 17.1 Å². The van der Waals surface area contributed by atoms with E-state index in [1.54, 1.807) is 30.3 Å². The van der Waals surface area contributed by atoms with Crippen LogP contribution in [0, 0.1) is 5.82 Å². The average molecular weight is 364 g/mol. The summed E-state index contributed by atoms with van der Waals surface area (Å²) >= 11 is 0. The average Bonchev–Trinajstić information content (AvgIpc) is 3.15. The second-order valence-electron chi connectivity index (χ2n) is 5.76. The van der Waals surface area contributed by atoms with Gasteiger partial charge in [-0.25, -0.2) is 4.39 Å². The molecule has 0 radical (unpaired) electrons. The summed E-state index contributed by atoms with van der Waals surface area (Å²) in [4.78, 5) is 28.9. The fourth-order valence-electron chi connectivity index (χ4n) is 2.63. The molecule has 134 valence electrons. The van der Waals surface area contributed by atoms with Crippen LogP contribution < -0.4 is 11.1 Å². The molecule has 0 saturated heterocycles. The van der Waals surface area contributed by atoms with Gasteiger partial charge in [0.1, 0.15) is 12.4 Å². The fourth-order valence-corrected chi connectivity index (χ4v) is 2.63. The van der Waals surface area contributed by atoms with E-state index in [2.05, 4.69) is 10.1 Å². The number of hydrogen-bond acceptors (Lipinski definition) is 5. The van der Waals surface area contributed by atoms with Crippen LogP contribution in [-0.2, 0) is 6.54 Å². The number of aromatic nitrogens is 4. The lowest BCUT2D eigenvalue weighted by Gasteiger charge is -2.07. The lowest BCUT2D eigenvalue weighted by atomic mass is 10.2. The van der Waals surface area contributed by atoms with E-state index in [4.69, 9.17) is 4.52 Å². The number of benzene rings is 2. The molecule has 0 aliphatic rings. The Balaban J connectivity index is 1.63. The fraction of sp³-hybridized carbons (Fsp3) is 0.0526. The maximum absolute atomic E-state index is 13.3. The Bertz CT molecular complexity index is 1210. The minimum Gasteiger partial charge on any atom is -0.337 e. The quantitative estimate of drug-likeness (QED) is 0.519. The third kappa shape index (κ3) is 3.32. The Morgan fingerprint density at radius 3 is 2.56 bits per heavy atom. The van der Waals surface area contributed by atoms with E-state index < -0.39 is 16.9 Å². The third-order valence-electron chi connectivity index (χ3n) is 3.95. The van der Waals surface area contributed by atoms with Gasteiger partial charge in [0.2, 0.25) is 11.7 Å². The topological polar surface area (TPSA) is 82.9 Å². The number of nitrogens with zero attached hydrogens (tertiary/aromatic N) is 4. The van der Waals surface area contributed by atoms with Crippen LogP contribution in [-0.4, -0.2) is 19.3 Å². The Kier molecular flexibility index (Phi) is 4.21. The zero-order chi connectivity index (χ0) is 18.8. The molecule has 0 N–H and O–H groups in total. The molecule has 0 amide bonds. The monoisotopic (exact) mass is 364 g/mol. The first-order chi connectivity index (χ1) is 13.1. The van der Waals surface area contributed by atoms with Crippen LogP contribution in [0.15, 0.2) is 81.1 Å². The van der Waals surface area contributed by atoms with Crippen LogP contribution in [0.2, 0.25) is 0 Å². The molecule has 7 nitrogen and oxygen atoms in total. The maximum atomic E-state index is 13.3. The minimum atomic E-state index is -0.716. The van der Waals surface area contributed by atoms with Gasteiger partial charge >= 0.3 is 11.1 Å². The SMILES string of the molecule is O=c1c(=O)n(-c2ccccc2)ccn1Cc1nc(-c2cccc(F)c2)no1. The highest BCUT2D eigenvalue weighted by atomic mass is 19.1. The molecule has 2 aromatic carbocycles. The van der Waals surface area contributed by atoms with Gasteiger partial charge in [-0.1, -0.05) is 35.5 Å². The zero-order valence-electron chi connectivity index (χ0n) is 13.9. The molecule has 0 unspecified atom stereocenters. The standard InChI is InChI=1S/C19H13FN4O3/c20-14-6-4-5-13(11-14)17-21-16(27-22-17)12-23-9-10-24(19(26)18(23)25)15-7-2-1-3-8-15/h1-11H,12H2. The van der Waals surface area contributed by atoms with Gasteiger partial charge in [-0.15, -0.1) is 0 Å². The van der Waals surface area contributed by atoms with Crippen molar-refractivity contribution in [2.24, 2.45) is 0 Å². The van der Waals surface area contributed by atoms with Gasteiger partial charge in [-0.05, 0) is 24.3 Å². The van der Waals surface area contributed by atoms with Gasteiger partial charge in [0.15, 0.2) is 0 Å². The van der Waals surface area contributed by atoms with Crippen LogP contribution in [0.3, 0.4) is 0 Å². The highest BCUT2D eigenvalue weighted by molar-refractivity contribution is 5.53. The summed E-state index contributed by atoms with van der Waals surface area (Å²) in [6.07, 6.45) is 2.98. The molecule has 0 bridgehead atoms. The molecule has 27 heavy (non-hydrogen) atoms. The number of hydrogen-bond donors (Lipinski definition) is 0. The summed E-state index contributed by atoms with van der Waals surface area (Å²) in [5.41, 5.74) is -0.352. The predicted octanol–water partition coefficient (Wildman–Crippen LogP) is 2.24. The summed E-state index contributed by atoms with van der Waals surface area (Å²) in [7, 11) is 0. The van der Waals surface area contributed by atoms with E-state index >= 15 is 0 Å². The largest absolute Gasteiger partial charge is 0.337 e. The van der Waals surface area contributed by atoms with Gasteiger partial charge in [0.05, 0.1) is 0 Å². The smallest absolute Gasteiger partial charge is 0.320 e. The van der Waals surface area contributed by atoms with Gasteiger partial charge in [-0.2, -0.15) is 4.98 Å². The molecule has 8 heteroatoms. The first-order valence-corrected chi connectivity index (χ1v) is 8.08. The van der Waals surface area contributed by atoms with Crippen molar-refractivity contribution in [3.63, 3.8) is 0 Å². The Labute approximate surface area is 152 Å². The lowest BCUT2D eigenvalue weighted by molar-refractivity contribution is 0.369. The molecular weight excluding hydrogens is 351 g/mol. The molecular formula is C19H13FN4O3. The normalized spacial score (nSPS) is 10.9. The van der Waals surface area contributed by atoms with Crippen molar-refractivity contribution in [1.82, 2.24) is 19.3 Å². The summed E-state index contributed by atoms with van der Waals surface area (Å²) in [6.45, 7) is -0.0635. The van der Waals surface area contributed by atoms with Crippen LogP contribution in [0.4, 0.5) is 4.39 Å². The highest BCUT2D eigenvalue weighted by Crippen LogP contribution is 2.16. The van der Waals surface area contributed by atoms with Gasteiger partial charge < -0.3 is 4.52 Å². The second kappa shape index (κ2) is 6.83. The second-order valence-corrected chi connectivity index (χ2v) is 5.76. The summed E-state index contributed by atoms with van der Waals surface area (Å²) in [6, 6.07) is 14.6. The van der Waals surface area contributed by atoms with Crippen molar-refractivity contribution in [2.45, 2.75) is 6.54 Å². The van der Waals surface area contributed by atoms with E-state index in [0.29, 0.717) is 11.3 Å². The molecule has 0 fully saturated rings. The number of halogens is 1. The molecule has 0 spiro atoms. The molecule has 2 aromatic heterocycles. The van der Waals surface area contributed by atoms with E-state index in [1.165, 1.54) is 39.7 Å². The van der Waals surface area contributed by atoms with Crippen molar-refractivity contribution in [2.75, 3.05) is 0 Å². The molecule has 4 rings (SSSR count). The lowest BCUT2D eigenvalue weighted by Crippen LogP contribution is -2.40. The number of rotatable bonds is 4. The Morgan fingerprint density at radius 1 is 0.963 bits per heavy atom. The highest BCUT2D eigenvalue weighted by Gasteiger charge is 2.12. The van der Waals surface area contributed by atoms with Crippen molar-refractivity contribution in [3.8, 4) is 17.1 Å². The van der Waals surface area contributed by atoms with Gasteiger partial charge in [0.25, 0.3) is 0 Å². The van der Waals surface area contributed by atoms with E-state index in [0.717, 1.165) is 0 Å². The molecule has 2 heterocycles. The maximum Gasteiger partial charge on any atom is 0.320 e. The summed E-state index contributed by atoms with van der Waals surface area (Å²) < 4.78 is 20.9. The first kappa shape index (κ1) is 16.6. The first-order valence-electron chi connectivity index (χ1n) is 8.08. The van der Waals surface area contributed by atoms with Crippen LogP contribution >= 0.6 is 0 Å². The van der Waals surface area contributed by atoms with Crippen molar-refractivity contribution in [1.29, 1.82) is 0 Å². The van der Waals surface area contributed by atoms with Crippen molar-refractivity contribution >= 4 is 0 Å². The number of para-hydroxylation sites is 1. The van der Waals surface area contributed by atoms with E-state index in [1.807, 2.05) is 6.07 Å². The van der Waals surface area contributed by atoms with E-state index in [9.17, 15) is 14.0 Å². The molecule has 0 saturated carbocycles. The molecule has 0 aliphatic heterocycles. The van der Waals surface area contributed by atoms with E-state index in [-0.39, 0.29) is 18.3 Å². The van der Waals surface area contributed by atoms with Gasteiger partial charge in [0, 0.05) is 23.6 Å². The predicted molar refractivity (Wildman–Crippen MR) is 95.1 cm³/mol. The molecule has 0 atom stereocenters. The zero-order valence-corrected chi connectivity index (χ0v) is 13.9.